The number of carbonyl (C=O) groups excluding carboxylic acids is 1. The van der Waals surface area contributed by atoms with Gasteiger partial charge in [0.05, 0.1) is 32.2 Å². The third kappa shape index (κ3) is 5.52. The molecular formula is C21H23F2N7O3. The molecule has 3 aromatic rings. The van der Waals surface area contributed by atoms with Crippen molar-refractivity contribution in [2.45, 2.75) is 13.1 Å². The normalized spacial score (nSPS) is 13.6. The molecule has 1 aliphatic heterocycles. The number of ether oxygens (including phenoxy) is 2. The summed E-state index contributed by atoms with van der Waals surface area (Å²) in [5.41, 5.74) is 0.431. The first-order valence-corrected chi connectivity index (χ1v) is 10.3. The van der Waals surface area contributed by atoms with E-state index < -0.39 is 11.6 Å². The van der Waals surface area contributed by atoms with Gasteiger partial charge in [-0.1, -0.05) is 0 Å². The lowest BCUT2D eigenvalue weighted by molar-refractivity contribution is -0.136. The third-order valence-corrected chi connectivity index (χ3v) is 5.02. The molecule has 1 saturated heterocycles. The van der Waals surface area contributed by atoms with Crippen molar-refractivity contribution < 1.29 is 23.0 Å². The standard InChI is InChI=1S/C21H23F2N7O3/c1-32-17-3-2-16(22)15(20(17)23)11-25-18-4-5-24-21(28-18)27-14-10-26-30(12-14)13-19(31)29-6-8-33-9-7-29/h2-5,10,12H,6-9,11,13H2,1H3,(H2,24,25,27,28). The van der Waals surface area contributed by atoms with Crippen molar-refractivity contribution in [2.24, 2.45) is 0 Å². The van der Waals surface area contributed by atoms with Crippen molar-refractivity contribution in [1.29, 1.82) is 0 Å². The number of morpholine rings is 1. The minimum atomic E-state index is -0.767. The van der Waals surface area contributed by atoms with Crippen LogP contribution in [-0.2, 0) is 22.6 Å². The molecule has 3 heterocycles. The number of nitrogens with one attached hydrogen (secondary N) is 2. The highest BCUT2D eigenvalue weighted by Gasteiger charge is 2.18. The predicted molar refractivity (Wildman–Crippen MR) is 115 cm³/mol. The van der Waals surface area contributed by atoms with Crippen molar-refractivity contribution in [1.82, 2.24) is 24.6 Å². The van der Waals surface area contributed by atoms with Crippen LogP contribution >= 0.6 is 0 Å². The van der Waals surface area contributed by atoms with Gasteiger partial charge in [0.2, 0.25) is 11.9 Å². The Labute approximate surface area is 188 Å². The van der Waals surface area contributed by atoms with E-state index in [0.29, 0.717) is 37.8 Å². The maximum atomic E-state index is 14.3. The molecule has 174 valence electrons. The second-order valence-corrected chi connectivity index (χ2v) is 7.21. The zero-order chi connectivity index (χ0) is 23.2. The van der Waals surface area contributed by atoms with Crippen LogP contribution in [0, 0.1) is 11.6 Å². The van der Waals surface area contributed by atoms with E-state index in [1.165, 1.54) is 24.1 Å². The lowest BCUT2D eigenvalue weighted by atomic mass is 10.2. The van der Waals surface area contributed by atoms with E-state index in [1.54, 1.807) is 23.4 Å². The van der Waals surface area contributed by atoms with Gasteiger partial charge in [0, 0.05) is 37.6 Å². The van der Waals surface area contributed by atoms with E-state index in [2.05, 4.69) is 25.7 Å². The molecule has 2 aromatic heterocycles. The van der Waals surface area contributed by atoms with Crippen LogP contribution in [0.5, 0.6) is 5.75 Å². The van der Waals surface area contributed by atoms with Crippen molar-refractivity contribution >= 4 is 23.4 Å². The molecule has 0 radical (unpaired) electrons. The molecule has 1 fully saturated rings. The number of rotatable bonds is 8. The maximum Gasteiger partial charge on any atom is 0.244 e. The average Bonchev–Trinajstić information content (AvgIpc) is 3.26. The maximum absolute atomic E-state index is 14.3. The van der Waals surface area contributed by atoms with E-state index in [0.717, 1.165) is 6.07 Å². The predicted octanol–water partition coefficient (Wildman–Crippen LogP) is 2.17. The van der Waals surface area contributed by atoms with Crippen LogP contribution in [0.4, 0.5) is 26.2 Å². The van der Waals surface area contributed by atoms with Crippen molar-refractivity contribution in [3.8, 4) is 5.75 Å². The Bertz CT molecular complexity index is 1120. The fraction of sp³-hybridized carbons (Fsp3) is 0.333. The monoisotopic (exact) mass is 459 g/mol. The molecule has 0 bridgehead atoms. The van der Waals surface area contributed by atoms with Gasteiger partial charge in [-0.25, -0.2) is 13.8 Å². The number of methoxy groups -OCH3 is 1. The van der Waals surface area contributed by atoms with Gasteiger partial charge in [-0.15, -0.1) is 0 Å². The van der Waals surface area contributed by atoms with Gasteiger partial charge in [0.15, 0.2) is 11.6 Å². The number of halogens is 2. The van der Waals surface area contributed by atoms with Crippen LogP contribution in [0.15, 0.2) is 36.8 Å². The minimum absolute atomic E-state index is 0.0348. The van der Waals surface area contributed by atoms with E-state index >= 15 is 0 Å². The molecular weight excluding hydrogens is 436 g/mol. The van der Waals surface area contributed by atoms with Gasteiger partial charge >= 0.3 is 0 Å². The molecule has 1 amide bonds. The minimum Gasteiger partial charge on any atom is -0.494 e. The van der Waals surface area contributed by atoms with Gasteiger partial charge < -0.3 is 25.0 Å². The quantitative estimate of drug-likeness (QED) is 0.528. The van der Waals surface area contributed by atoms with Crippen LogP contribution in [0.25, 0.3) is 0 Å². The molecule has 0 aliphatic carbocycles. The number of amides is 1. The summed E-state index contributed by atoms with van der Waals surface area (Å²) in [5, 5.41) is 10.1. The molecule has 1 aromatic carbocycles. The van der Waals surface area contributed by atoms with Crippen molar-refractivity contribution in [2.75, 3.05) is 44.0 Å². The first-order chi connectivity index (χ1) is 16.0. The summed E-state index contributed by atoms with van der Waals surface area (Å²) in [7, 11) is 1.32. The largest absolute Gasteiger partial charge is 0.494 e. The first kappa shape index (κ1) is 22.4. The SMILES string of the molecule is COc1ccc(F)c(CNc2ccnc(Nc3cnn(CC(=O)N4CCOCC4)c3)n2)c1F. The summed E-state index contributed by atoms with van der Waals surface area (Å²) in [6.07, 6.45) is 4.72. The van der Waals surface area contributed by atoms with E-state index in [9.17, 15) is 13.6 Å². The number of anilines is 3. The van der Waals surface area contributed by atoms with Crippen LogP contribution in [-0.4, -0.2) is 64.0 Å². The topological polar surface area (TPSA) is 106 Å². The molecule has 10 nitrogen and oxygen atoms in total. The second-order valence-electron chi connectivity index (χ2n) is 7.21. The highest BCUT2D eigenvalue weighted by molar-refractivity contribution is 5.76. The highest BCUT2D eigenvalue weighted by Crippen LogP contribution is 2.24. The molecule has 1 aliphatic rings. The smallest absolute Gasteiger partial charge is 0.244 e. The Morgan fingerprint density at radius 3 is 2.85 bits per heavy atom. The summed E-state index contributed by atoms with van der Waals surface area (Å²) in [5.74, 6) is -0.909. The summed E-state index contributed by atoms with van der Waals surface area (Å²) in [6, 6.07) is 3.95. The number of carbonyl (C=O) groups is 1. The Hall–Kier alpha value is -3.80. The summed E-state index contributed by atoms with van der Waals surface area (Å²) in [6.45, 7) is 2.20. The molecule has 2 N–H and O–H groups in total. The number of benzene rings is 1. The molecule has 0 saturated carbocycles. The van der Waals surface area contributed by atoms with Gasteiger partial charge in [-0.2, -0.15) is 10.1 Å². The zero-order valence-electron chi connectivity index (χ0n) is 17.9. The van der Waals surface area contributed by atoms with Gasteiger partial charge in [-0.3, -0.25) is 9.48 Å². The van der Waals surface area contributed by atoms with Crippen molar-refractivity contribution in [3.05, 3.63) is 54.0 Å². The average molecular weight is 459 g/mol. The van der Waals surface area contributed by atoms with Gasteiger partial charge in [-0.05, 0) is 18.2 Å². The van der Waals surface area contributed by atoms with Crippen LogP contribution in [0.1, 0.15) is 5.56 Å². The zero-order valence-corrected chi connectivity index (χ0v) is 17.9. The van der Waals surface area contributed by atoms with E-state index in [4.69, 9.17) is 9.47 Å². The Kier molecular flexibility index (Phi) is 6.93. The molecule has 0 spiro atoms. The lowest BCUT2D eigenvalue weighted by Crippen LogP contribution is -2.42. The van der Waals surface area contributed by atoms with Crippen LogP contribution in [0.3, 0.4) is 0 Å². The fourth-order valence-electron chi connectivity index (χ4n) is 3.29. The Morgan fingerprint density at radius 1 is 1.24 bits per heavy atom. The van der Waals surface area contributed by atoms with Gasteiger partial charge in [0.25, 0.3) is 0 Å². The second kappa shape index (κ2) is 10.2. The van der Waals surface area contributed by atoms with Gasteiger partial charge in [0.1, 0.15) is 18.2 Å². The highest BCUT2D eigenvalue weighted by atomic mass is 19.1. The Balaban J connectivity index is 1.36. The first-order valence-electron chi connectivity index (χ1n) is 10.3. The molecule has 4 rings (SSSR count). The van der Waals surface area contributed by atoms with E-state index in [1.807, 2.05) is 0 Å². The third-order valence-electron chi connectivity index (χ3n) is 5.02. The summed E-state index contributed by atoms with van der Waals surface area (Å²) < 4.78 is 40.0. The number of hydrogen-bond acceptors (Lipinski definition) is 8. The molecule has 12 heteroatoms. The number of nitrogens with zero attached hydrogens (tertiary/aromatic N) is 5. The molecule has 0 unspecified atom stereocenters. The van der Waals surface area contributed by atoms with E-state index in [-0.39, 0.29) is 36.3 Å². The van der Waals surface area contributed by atoms with Crippen molar-refractivity contribution in [3.63, 3.8) is 0 Å². The molecule has 33 heavy (non-hydrogen) atoms. The Morgan fingerprint density at radius 2 is 2.06 bits per heavy atom. The summed E-state index contributed by atoms with van der Waals surface area (Å²) in [4.78, 5) is 22.5. The van der Waals surface area contributed by atoms with Crippen LogP contribution in [0.2, 0.25) is 0 Å². The molecule has 0 atom stereocenters. The number of hydrogen-bond donors (Lipinski definition) is 2. The summed E-state index contributed by atoms with van der Waals surface area (Å²) >= 11 is 0. The van der Waals surface area contributed by atoms with Crippen LogP contribution < -0.4 is 15.4 Å². The fourth-order valence-corrected chi connectivity index (χ4v) is 3.29. The number of aromatic nitrogens is 4. The lowest BCUT2D eigenvalue weighted by Gasteiger charge is -2.26.